The highest BCUT2D eigenvalue weighted by Crippen LogP contribution is 2.25. The van der Waals surface area contributed by atoms with Gasteiger partial charge >= 0.3 is 0 Å². The Bertz CT molecular complexity index is 297. The van der Waals surface area contributed by atoms with E-state index in [1.54, 1.807) is 0 Å². The van der Waals surface area contributed by atoms with Gasteiger partial charge in [0.1, 0.15) is 0 Å². The van der Waals surface area contributed by atoms with E-state index in [0.29, 0.717) is 30.8 Å². The SMILES string of the molecule is O=S(=O)(CC1CCCCC1)N(CCCl)CCCl. The Balaban J connectivity index is 2.56. The zero-order valence-electron chi connectivity index (χ0n) is 10.1. The molecule has 3 nitrogen and oxygen atoms in total. The van der Waals surface area contributed by atoms with Crippen molar-refractivity contribution in [1.82, 2.24) is 4.31 Å². The van der Waals surface area contributed by atoms with E-state index in [-0.39, 0.29) is 5.75 Å². The molecule has 0 aliphatic heterocycles. The molecule has 17 heavy (non-hydrogen) atoms. The number of hydrogen-bond acceptors (Lipinski definition) is 2. The third-order valence-corrected chi connectivity index (χ3v) is 5.61. The lowest BCUT2D eigenvalue weighted by Crippen LogP contribution is -2.38. The van der Waals surface area contributed by atoms with Crippen molar-refractivity contribution in [2.75, 3.05) is 30.6 Å². The van der Waals surface area contributed by atoms with Crippen molar-refractivity contribution in [2.24, 2.45) is 5.92 Å². The van der Waals surface area contributed by atoms with Crippen LogP contribution in [0.4, 0.5) is 0 Å². The lowest BCUT2D eigenvalue weighted by Gasteiger charge is -2.26. The van der Waals surface area contributed by atoms with Gasteiger partial charge in [-0.3, -0.25) is 0 Å². The van der Waals surface area contributed by atoms with Gasteiger partial charge in [0.05, 0.1) is 5.75 Å². The minimum atomic E-state index is -3.18. The van der Waals surface area contributed by atoms with Crippen LogP contribution < -0.4 is 0 Å². The van der Waals surface area contributed by atoms with E-state index >= 15 is 0 Å². The minimum absolute atomic E-state index is 0.265. The number of alkyl halides is 2. The van der Waals surface area contributed by atoms with Crippen LogP contribution >= 0.6 is 23.2 Å². The molecule has 1 aliphatic rings. The van der Waals surface area contributed by atoms with Crippen molar-refractivity contribution >= 4 is 33.2 Å². The summed E-state index contributed by atoms with van der Waals surface area (Å²) in [6, 6.07) is 0. The molecule has 0 aromatic rings. The van der Waals surface area contributed by atoms with Crippen molar-refractivity contribution < 1.29 is 8.42 Å². The fourth-order valence-electron chi connectivity index (χ4n) is 2.34. The molecule has 102 valence electrons. The van der Waals surface area contributed by atoms with Gasteiger partial charge in [-0.05, 0) is 18.8 Å². The topological polar surface area (TPSA) is 37.4 Å². The molecule has 0 N–H and O–H groups in total. The van der Waals surface area contributed by atoms with E-state index in [0.717, 1.165) is 25.7 Å². The summed E-state index contributed by atoms with van der Waals surface area (Å²) in [5.41, 5.74) is 0. The van der Waals surface area contributed by atoms with Gasteiger partial charge in [0.15, 0.2) is 0 Å². The second-order valence-electron chi connectivity index (χ2n) is 4.56. The first-order valence-electron chi connectivity index (χ1n) is 6.20. The molecule has 6 heteroatoms. The number of halogens is 2. The predicted octanol–water partition coefficient (Wildman–Crippen LogP) is 2.68. The smallest absolute Gasteiger partial charge is 0.212 e. The van der Waals surface area contributed by atoms with Gasteiger partial charge in [-0.1, -0.05) is 19.3 Å². The second kappa shape index (κ2) is 7.82. The van der Waals surface area contributed by atoms with E-state index in [9.17, 15) is 8.42 Å². The van der Waals surface area contributed by atoms with Crippen LogP contribution in [0.25, 0.3) is 0 Å². The lowest BCUT2D eigenvalue weighted by atomic mass is 9.91. The van der Waals surface area contributed by atoms with Gasteiger partial charge in [-0.15, -0.1) is 23.2 Å². The number of hydrogen-bond donors (Lipinski definition) is 0. The molecule has 0 spiro atoms. The molecule has 0 heterocycles. The first kappa shape index (κ1) is 15.5. The van der Waals surface area contributed by atoms with Crippen LogP contribution in [0.5, 0.6) is 0 Å². The number of nitrogens with zero attached hydrogens (tertiary/aromatic N) is 1. The fraction of sp³-hybridized carbons (Fsp3) is 1.00. The average Bonchev–Trinajstić information content (AvgIpc) is 2.29. The van der Waals surface area contributed by atoms with Crippen LogP contribution in [0, 0.1) is 5.92 Å². The number of rotatable bonds is 7. The highest BCUT2D eigenvalue weighted by atomic mass is 35.5. The molecule has 0 unspecified atom stereocenters. The molecule has 1 fully saturated rings. The maximum absolute atomic E-state index is 12.2. The second-order valence-corrected chi connectivity index (χ2v) is 7.33. The molecule has 0 saturated heterocycles. The summed E-state index contributed by atoms with van der Waals surface area (Å²) in [4.78, 5) is 0. The van der Waals surface area contributed by atoms with Gasteiger partial charge in [0.2, 0.25) is 10.0 Å². The van der Waals surface area contributed by atoms with Crippen molar-refractivity contribution in [3.8, 4) is 0 Å². The summed E-state index contributed by atoms with van der Waals surface area (Å²) in [5.74, 6) is 1.23. The van der Waals surface area contributed by atoms with E-state index in [1.165, 1.54) is 10.7 Å². The van der Waals surface area contributed by atoms with Crippen molar-refractivity contribution in [1.29, 1.82) is 0 Å². The molecule has 0 amide bonds. The Morgan fingerprint density at radius 3 is 2.00 bits per heavy atom. The third-order valence-electron chi connectivity index (χ3n) is 3.23. The molecule has 0 bridgehead atoms. The Kier molecular flexibility index (Phi) is 7.15. The molecule has 1 aliphatic carbocycles. The Hall–Kier alpha value is 0.490. The molecule has 0 atom stereocenters. The van der Waals surface area contributed by atoms with Crippen LogP contribution in [-0.2, 0) is 10.0 Å². The van der Waals surface area contributed by atoms with Gasteiger partial charge in [0, 0.05) is 24.8 Å². The first-order valence-corrected chi connectivity index (χ1v) is 8.87. The fourth-order valence-corrected chi connectivity index (χ4v) is 4.82. The average molecular weight is 302 g/mol. The van der Waals surface area contributed by atoms with Gasteiger partial charge in [0.25, 0.3) is 0 Å². The summed E-state index contributed by atoms with van der Waals surface area (Å²) >= 11 is 11.3. The highest BCUT2D eigenvalue weighted by molar-refractivity contribution is 7.89. The van der Waals surface area contributed by atoms with E-state index in [2.05, 4.69) is 0 Å². The molecule has 1 saturated carbocycles. The standard InChI is InChI=1S/C11H21Cl2NO2S/c12-6-8-14(9-7-13)17(15,16)10-11-4-2-1-3-5-11/h11H,1-10H2. The van der Waals surface area contributed by atoms with Crippen LogP contribution in [-0.4, -0.2) is 43.3 Å². The van der Waals surface area contributed by atoms with E-state index in [4.69, 9.17) is 23.2 Å². The summed E-state index contributed by atoms with van der Waals surface area (Å²) in [5, 5.41) is 0. The summed E-state index contributed by atoms with van der Waals surface area (Å²) in [6.45, 7) is 0.729. The maximum atomic E-state index is 12.2. The van der Waals surface area contributed by atoms with Crippen molar-refractivity contribution in [3.63, 3.8) is 0 Å². The van der Waals surface area contributed by atoms with Crippen LogP contribution in [0.3, 0.4) is 0 Å². The van der Waals surface area contributed by atoms with Crippen molar-refractivity contribution in [2.45, 2.75) is 32.1 Å². The largest absolute Gasteiger partial charge is 0.214 e. The number of sulfonamides is 1. The maximum Gasteiger partial charge on any atom is 0.214 e. The van der Waals surface area contributed by atoms with Crippen molar-refractivity contribution in [3.05, 3.63) is 0 Å². The summed E-state index contributed by atoms with van der Waals surface area (Å²) in [6.07, 6.45) is 5.63. The minimum Gasteiger partial charge on any atom is -0.212 e. The zero-order valence-corrected chi connectivity index (χ0v) is 12.4. The Labute approximate surface area is 115 Å². The first-order chi connectivity index (χ1) is 8.10. The Morgan fingerprint density at radius 1 is 1.00 bits per heavy atom. The predicted molar refractivity (Wildman–Crippen MR) is 73.4 cm³/mol. The Morgan fingerprint density at radius 2 is 1.53 bits per heavy atom. The summed E-state index contributed by atoms with van der Waals surface area (Å²) in [7, 11) is -3.18. The molecular weight excluding hydrogens is 281 g/mol. The van der Waals surface area contributed by atoms with Crippen LogP contribution in [0.2, 0.25) is 0 Å². The molecule has 1 rings (SSSR count). The molecule has 0 radical (unpaired) electrons. The van der Waals surface area contributed by atoms with Crippen LogP contribution in [0.15, 0.2) is 0 Å². The van der Waals surface area contributed by atoms with E-state index < -0.39 is 10.0 Å². The highest BCUT2D eigenvalue weighted by Gasteiger charge is 2.26. The molecule has 0 aromatic carbocycles. The van der Waals surface area contributed by atoms with Gasteiger partial charge in [-0.2, -0.15) is 4.31 Å². The molecular formula is C11H21Cl2NO2S. The van der Waals surface area contributed by atoms with Gasteiger partial charge < -0.3 is 0 Å². The van der Waals surface area contributed by atoms with Crippen LogP contribution in [0.1, 0.15) is 32.1 Å². The quantitative estimate of drug-likeness (QED) is 0.678. The van der Waals surface area contributed by atoms with E-state index in [1.807, 2.05) is 0 Å². The monoisotopic (exact) mass is 301 g/mol. The lowest BCUT2D eigenvalue weighted by molar-refractivity contribution is 0.372. The zero-order chi connectivity index (χ0) is 12.7. The summed E-state index contributed by atoms with van der Waals surface area (Å²) < 4.78 is 25.8. The molecule has 0 aromatic heterocycles. The van der Waals surface area contributed by atoms with Gasteiger partial charge in [-0.25, -0.2) is 8.42 Å². The normalized spacial score (nSPS) is 18.8. The third kappa shape index (κ3) is 5.33.